The molecule has 7 aliphatic heterocycles. The lowest BCUT2D eigenvalue weighted by atomic mass is 10.0. The van der Waals surface area contributed by atoms with Crippen molar-refractivity contribution in [2.45, 2.75) is 286 Å². The lowest BCUT2D eigenvalue weighted by Gasteiger charge is -2.24. The van der Waals surface area contributed by atoms with Gasteiger partial charge in [-0.3, -0.25) is 32.0 Å². The van der Waals surface area contributed by atoms with Crippen molar-refractivity contribution in [2.75, 3.05) is 109 Å². The Bertz CT molecular complexity index is 4880. The molecule has 3 aromatic carbocycles. The Kier molecular flexibility index (Phi) is 52.0. The summed E-state index contributed by atoms with van der Waals surface area (Å²) in [6.45, 7) is 29.5. The highest BCUT2D eigenvalue weighted by molar-refractivity contribution is 7.62. The van der Waals surface area contributed by atoms with Crippen LogP contribution in [-0.2, 0) is 131 Å². The van der Waals surface area contributed by atoms with E-state index in [4.69, 9.17) is 144 Å². The molecule has 7 heterocycles. The zero-order valence-electron chi connectivity index (χ0n) is 90.5. The van der Waals surface area contributed by atoms with Gasteiger partial charge in [-0.2, -0.15) is 0 Å². The van der Waals surface area contributed by atoms with Crippen LogP contribution in [0.5, 0.6) is 0 Å². The van der Waals surface area contributed by atoms with Gasteiger partial charge in [0.25, 0.3) is 0 Å². The Morgan fingerprint density at radius 3 is 0.764 bits per heavy atom. The summed E-state index contributed by atoms with van der Waals surface area (Å²) in [6, 6.07) is 27.3. The molecular weight excluding hydrogens is 1970 g/mol. The van der Waals surface area contributed by atoms with Crippen molar-refractivity contribution in [1.82, 2.24) is 0 Å². The average Bonchev–Trinajstić information content (AvgIpc) is 1.64. The van der Waals surface area contributed by atoms with E-state index in [2.05, 4.69) is 0 Å². The number of ether oxygens (including phenoxy) is 21. The molecule has 40 nitrogen and oxygen atoms in total. The Balaban J connectivity index is 0.000000359. The summed E-state index contributed by atoms with van der Waals surface area (Å²) in [6.07, 6.45) is -13.7. The fourth-order valence-electron chi connectivity index (χ4n) is 14.4. The van der Waals surface area contributed by atoms with Crippen molar-refractivity contribution in [3.8, 4) is 0 Å². The van der Waals surface area contributed by atoms with Gasteiger partial charge in [-0.1, -0.05) is 91.0 Å². The molecule has 802 valence electrons. The maximum Gasteiger partial charge on any atom is 0.348 e. The summed E-state index contributed by atoms with van der Waals surface area (Å²) in [7, 11) is -16.9. The molecular formula is C93H155O40P7. The van der Waals surface area contributed by atoms with Crippen LogP contribution in [0.3, 0.4) is 0 Å². The first kappa shape index (κ1) is 116. The number of aliphatic hydroxyl groups is 3. The smallest absolute Gasteiger partial charge is 0.348 e. The summed E-state index contributed by atoms with van der Waals surface area (Å²) < 4.78 is 252. The topological polar surface area (TPSA) is 556 Å². The van der Waals surface area contributed by atoms with E-state index < -0.39 is 193 Å². The Morgan fingerprint density at radius 1 is 0.300 bits per heavy atom. The van der Waals surface area contributed by atoms with Crippen molar-refractivity contribution in [3.63, 3.8) is 0 Å². The number of hydrogen-bond acceptors (Lipinski definition) is 31. The summed E-state index contributed by atoms with van der Waals surface area (Å²) in [5, 5.41) is 26.5. The standard InChI is InChI=1S/C17H25O6P.C17H25O5P.C16H23O6P.2C11H21O6P.C11H21O5P.C10H19O6P/c1-12(2)22-16-14(9-10-24(19,20)11-18)23-15(17(16)21-3)13-7-5-4-6-8-13;1-12(2)21-16-14(10-11-23(4,18)19)22-15(17(16)20-3)13-8-6-5-7-9-13;1-11(2)21-15-13(9-10-23(17,18)19)22-14(16(15)20-3)12-7-5-4-6-8-12;2*1-8(2)17-11-9(16-6-10(11)15-3)4-5-18(13,14)7-12;1-8(2)16-11-9(5-6-17(4,12)13)15-7-10(11)14-3;1-7(2)16-10-8(4-5-17(11,12)13)15-6-9(10)14-3/h4-10,12,14-18H,11H2,1-3H3,(H,19,20);5-12,14-17H,1-4H3,(H,18,19);4-11,13-16H,1-3H3,(H2,17,18,19);2*4-5,8-12H,6-7H2,1-3H3,(H,13,14);5-6,8-11H,7H2,1-4H3,(H,12,13);4-5,7-10H,6H2,1-3H3,(H2,11,12,13)/b10-9+;11-10+;10-9+;2*5-4+;6-5+;5-4+/t2*14-,15+,16-,17+;13-,14+,15-,16+;3*9-,10+,11-;8-,9+,10-/m1111111/s1/i9D;10D;9D;5D;4D;6D;4D. The second kappa shape index (κ2) is 62.6. The average molecular weight is 2140 g/mol. The molecule has 3 aromatic rings. The number of benzene rings is 3. The number of hydrogen-bond donors (Lipinski definition) is 12. The van der Waals surface area contributed by atoms with Gasteiger partial charge in [-0.05, 0) is 168 Å². The van der Waals surface area contributed by atoms with Crippen LogP contribution in [0, 0.1) is 0 Å². The van der Waals surface area contributed by atoms with Gasteiger partial charge < -0.3 is 159 Å². The zero-order chi connectivity index (χ0) is 112. The zero-order valence-corrected chi connectivity index (χ0v) is 89.7. The largest absolute Gasteiger partial charge is 0.386 e. The molecule has 7 saturated heterocycles. The molecule has 7 fully saturated rings. The van der Waals surface area contributed by atoms with Gasteiger partial charge in [0.15, 0.2) is 0 Å². The molecule has 7 aliphatic rings. The lowest BCUT2D eigenvalue weighted by Crippen LogP contribution is -2.36. The van der Waals surface area contributed by atoms with Crippen molar-refractivity contribution in [2.24, 2.45) is 0 Å². The van der Waals surface area contributed by atoms with Gasteiger partial charge in [0.05, 0.1) is 78.8 Å². The van der Waals surface area contributed by atoms with Gasteiger partial charge in [0.1, 0.15) is 166 Å². The minimum Gasteiger partial charge on any atom is -0.386 e. The quantitative estimate of drug-likeness (QED) is 0.0235. The van der Waals surface area contributed by atoms with Crippen LogP contribution in [0.4, 0.5) is 0 Å². The highest BCUT2D eigenvalue weighted by atomic mass is 31.2. The SMILES string of the molecule is [2H]/C(=C\P(=O)(O)CO)[C@H]1OC[C@H](OC)[C@@H]1OC(C)C.[2H]/C(=C\P(=O)(O)CO)[C@H]1O[C@@H](c2ccccc2)[C@H](OC)[C@@H]1OC(C)C.[2H]/C(=C\P(=O)(O)O)[C@H]1OC[C@H](OC)[C@@H]1OC(C)C.[2H]/C(=C\P(=O)(O)O)[C@H]1O[C@@H](c2ccccc2)[C@H](OC)[C@@H]1OC(C)C.[2H]/C(=C\P(C)(=O)O)[C@H]1O[C@@H](c2ccccc2)[C@H](OC)[C@@H]1OC(C)C.[2H]/C(=C\[C@H]1OC[C@H](OC)[C@@H]1OC(C)C)P(=O)(O)CO.[2H]/C(=C\[C@H]1OC[C@H](OC)[C@@H]1OC(C)C)P(C)(=O)O. The summed E-state index contributed by atoms with van der Waals surface area (Å²) in [5.74, 6) is 3.09. The molecule has 140 heavy (non-hydrogen) atoms. The third-order valence-corrected chi connectivity index (χ3v) is 25.3. The fourth-order valence-corrected chi connectivity index (χ4v) is 17.3. The van der Waals surface area contributed by atoms with Crippen LogP contribution in [0.25, 0.3) is 0 Å². The predicted octanol–water partition coefficient (Wildman–Crippen LogP) is 13.0. The summed E-state index contributed by atoms with van der Waals surface area (Å²) >= 11 is 0. The molecule has 0 aliphatic carbocycles. The van der Waals surface area contributed by atoms with Crippen molar-refractivity contribution < 1.29 is 200 Å². The molecule has 5 unspecified atom stereocenters. The number of rotatable bonds is 41. The highest BCUT2D eigenvalue weighted by Crippen LogP contribution is 2.49. The molecule has 0 amide bonds. The van der Waals surface area contributed by atoms with E-state index in [0.717, 1.165) is 40.8 Å². The van der Waals surface area contributed by atoms with E-state index >= 15 is 0 Å². The maximum absolute atomic E-state index is 11.8. The van der Waals surface area contributed by atoms with E-state index in [1.54, 1.807) is 21.3 Å². The van der Waals surface area contributed by atoms with Crippen LogP contribution in [0.2, 0.25) is 0 Å². The molecule has 10 rings (SSSR count). The van der Waals surface area contributed by atoms with Crippen molar-refractivity contribution in [1.29, 1.82) is 0 Å². The maximum atomic E-state index is 11.8. The minimum absolute atomic E-state index is 0.0120. The van der Waals surface area contributed by atoms with Crippen molar-refractivity contribution >= 4 is 52.0 Å². The Hall–Kier alpha value is -3.87. The first-order valence-electron chi connectivity index (χ1n) is 48.5. The van der Waals surface area contributed by atoms with Crippen LogP contribution in [-0.4, -0.2) is 339 Å². The Labute approximate surface area is 834 Å². The number of methoxy groups -OCH3 is 7. The van der Waals surface area contributed by atoms with Gasteiger partial charge in [-0.25, -0.2) is 0 Å². The van der Waals surface area contributed by atoms with E-state index in [9.17, 15) is 56.4 Å². The van der Waals surface area contributed by atoms with E-state index in [1.165, 1.54) is 47.3 Å². The molecule has 0 radical (unpaired) electrons. The minimum atomic E-state index is -4.48. The van der Waals surface area contributed by atoms with E-state index in [1.807, 2.05) is 188 Å². The molecule has 0 saturated carbocycles. The monoisotopic (exact) mass is 2140 g/mol. The van der Waals surface area contributed by atoms with E-state index in [-0.39, 0.29) is 129 Å². The second-order valence-electron chi connectivity index (χ2n) is 34.7. The summed E-state index contributed by atoms with van der Waals surface area (Å²) in [5.41, 5.74) is 2.64. The highest BCUT2D eigenvalue weighted by Gasteiger charge is 2.50. The van der Waals surface area contributed by atoms with Crippen LogP contribution in [0.15, 0.2) is 174 Å². The molecule has 47 heteroatoms. The van der Waals surface area contributed by atoms with Gasteiger partial charge in [0.2, 0.25) is 36.8 Å². The van der Waals surface area contributed by atoms with Gasteiger partial charge >= 0.3 is 15.2 Å². The van der Waals surface area contributed by atoms with Crippen LogP contribution in [0.1, 0.15) is 142 Å². The van der Waals surface area contributed by atoms with Gasteiger partial charge in [0, 0.05) is 92.2 Å². The first-order valence-corrected chi connectivity index (χ1v) is 58.4. The normalized spacial score (nSPS) is 32.2. The lowest BCUT2D eigenvalue weighted by molar-refractivity contribution is -0.0694. The summed E-state index contributed by atoms with van der Waals surface area (Å²) in [4.78, 5) is 83.0. The number of aliphatic hydroxyl groups excluding tert-OH is 3. The third kappa shape index (κ3) is 46.9. The molecule has 0 spiro atoms. The second-order valence-corrected chi connectivity index (χ2v) is 47.8. The van der Waals surface area contributed by atoms with Gasteiger partial charge in [-0.15, -0.1) is 0 Å². The predicted molar refractivity (Wildman–Crippen MR) is 527 cm³/mol. The third-order valence-electron chi connectivity index (χ3n) is 20.2. The molecule has 0 bridgehead atoms. The van der Waals surface area contributed by atoms with Crippen molar-refractivity contribution in [3.05, 3.63) is 191 Å². The first-order chi connectivity index (χ1) is 68.3. The fraction of sp³-hybridized carbons (Fsp3) is 0.656. The van der Waals surface area contributed by atoms with E-state index in [0.29, 0.717) is 18.2 Å². The Morgan fingerprint density at radius 2 is 0.529 bits per heavy atom. The molecule has 0 aromatic heterocycles. The molecule has 29 atom stereocenters. The van der Waals surface area contributed by atoms with Crippen LogP contribution >= 0.6 is 52.0 Å². The van der Waals surface area contributed by atoms with Crippen LogP contribution < -0.4 is 0 Å². The molecule has 12 N–H and O–H groups in total.